The van der Waals surface area contributed by atoms with Gasteiger partial charge in [0.2, 0.25) is 0 Å². The molecule has 1 unspecified atom stereocenters. The molecule has 2 rings (SSSR count). The Hall–Kier alpha value is -1.39. The van der Waals surface area contributed by atoms with E-state index in [0.29, 0.717) is 5.02 Å². The van der Waals surface area contributed by atoms with Crippen LogP contribution in [-0.4, -0.2) is 0 Å². The SMILES string of the molecule is CC(Nc1ccc(Cl)cc1C(F)(F)F)c1ccccc1Cl. The molecule has 1 nitrogen and oxygen atoms in total. The number of anilines is 1. The van der Waals surface area contributed by atoms with E-state index in [1.54, 1.807) is 31.2 Å². The molecule has 0 spiro atoms. The summed E-state index contributed by atoms with van der Waals surface area (Å²) in [6, 6.07) is 10.3. The summed E-state index contributed by atoms with van der Waals surface area (Å²) in [5, 5.41) is 3.38. The fraction of sp³-hybridized carbons (Fsp3) is 0.200. The van der Waals surface area contributed by atoms with Gasteiger partial charge in [0.1, 0.15) is 0 Å². The molecule has 1 N–H and O–H groups in total. The van der Waals surface area contributed by atoms with Crippen LogP contribution in [0.1, 0.15) is 24.1 Å². The van der Waals surface area contributed by atoms with Gasteiger partial charge in [0, 0.05) is 15.7 Å². The van der Waals surface area contributed by atoms with E-state index in [1.165, 1.54) is 12.1 Å². The summed E-state index contributed by atoms with van der Waals surface area (Å²) in [5.41, 5.74) is -0.101. The Balaban J connectivity index is 2.34. The first-order valence-corrected chi connectivity index (χ1v) is 6.92. The van der Waals surface area contributed by atoms with Gasteiger partial charge >= 0.3 is 6.18 Å². The van der Waals surface area contributed by atoms with Crippen LogP contribution in [0.25, 0.3) is 0 Å². The molecule has 112 valence electrons. The Kier molecular flexibility index (Phi) is 4.69. The van der Waals surface area contributed by atoms with Crippen molar-refractivity contribution in [3.05, 3.63) is 63.6 Å². The van der Waals surface area contributed by atoms with Gasteiger partial charge in [-0.2, -0.15) is 13.2 Å². The highest BCUT2D eigenvalue weighted by atomic mass is 35.5. The average molecular weight is 334 g/mol. The summed E-state index contributed by atoms with van der Waals surface area (Å²) < 4.78 is 39.1. The smallest absolute Gasteiger partial charge is 0.378 e. The molecular weight excluding hydrogens is 322 g/mol. The maximum Gasteiger partial charge on any atom is 0.418 e. The van der Waals surface area contributed by atoms with Crippen LogP contribution in [-0.2, 0) is 6.18 Å². The number of nitrogens with one attached hydrogen (secondary N) is 1. The second-order valence-corrected chi connectivity index (χ2v) is 5.42. The molecule has 0 fully saturated rings. The van der Waals surface area contributed by atoms with Crippen LogP contribution in [0.2, 0.25) is 10.0 Å². The summed E-state index contributed by atoms with van der Waals surface area (Å²) >= 11 is 11.7. The van der Waals surface area contributed by atoms with E-state index in [0.717, 1.165) is 11.6 Å². The number of hydrogen-bond acceptors (Lipinski definition) is 1. The van der Waals surface area contributed by atoms with Crippen LogP contribution >= 0.6 is 23.2 Å². The van der Waals surface area contributed by atoms with E-state index in [1.807, 2.05) is 0 Å². The lowest BCUT2D eigenvalue weighted by atomic mass is 10.1. The minimum Gasteiger partial charge on any atom is -0.378 e. The molecule has 0 aromatic heterocycles. The van der Waals surface area contributed by atoms with Gasteiger partial charge in [-0.1, -0.05) is 41.4 Å². The quantitative estimate of drug-likeness (QED) is 0.706. The molecular formula is C15H12Cl2F3N. The molecule has 0 aliphatic heterocycles. The Morgan fingerprint density at radius 1 is 1.05 bits per heavy atom. The third-order valence-electron chi connectivity index (χ3n) is 3.03. The zero-order valence-electron chi connectivity index (χ0n) is 11.0. The van der Waals surface area contributed by atoms with Gasteiger partial charge < -0.3 is 5.32 Å². The Labute approximate surface area is 130 Å². The molecule has 0 amide bonds. The van der Waals surface area contributed by atoms with Gasteiger partial charge in [-0.15, -0.1) is 0 Å². The van der Waals surface area contributed by atoms with Crippen molar-refractivity contribution in [2.75, 3.05) is 5.32 Å². The lowest BCUT2D eigenvalue weighted by molar-refractivity contribution is -0.137. The van der Waals surface area contributed by atoms with E-state index in [4.69, 9.17) is 23.2 Å². The average Bonchev–Trinajstić information content (AvgIpc) is 2.40. The molecule has 0 aliphatic rings. The summed E-state index contributed by atoms with van der Waals surface area (Å²) in [7, 11) is 0. The second-order valence-electron chi connectivity index (χ2n) is 4.58. The molecule has 0 bridgehead atoms. The third-order valence-corrected chi connectivity index (χ3v) is 3.61. The van der Waals surface area contributed by atoms with Crippen LogP contribution in [0.5, 0.6) is 0 Å². The Morgan fingerprint density at radius 2 is 1.71 bits per heavy atom. The van der Waals surface area contributed by atoms with E-state index >= 15 is 0 Å². The first-order chi connectivity index (χ1) is 9.79. The molecule has 0 aliphatic carbocycles. The maximum atomic E-state index is 13.0. The summed E-state index contributed by atoms with van der Waals surface area (Å²) in [6.45, 7) is 1.75. The highest BCUT2D eigenvalue weighted by Crippen LogP contribution is 2.38. The minimum absolute atomic E-state index is 0.0284. The molecule has 0 saturated heterocycles. The first-order valence-electron chi connectivity index (χ1n) is 6.16. The predicted octanol–water partition coefficient (Wildman–Crippen LogP) is 6.19. The van der Waals surface area contributed by atoms with Crippen LogP contribution in [0.3, 0.4) is 0 Å². The summed E-state index contributed by atoms with van der Waals surface area (Å²) in [4.78, 5) is 0. The largest absolute Gasteiger partial charge is 0.418 e. The van der Waals surface area contributed by atoms with Crippen molar-refractivity contribution in [3.8, 4) is 0 Å². The van der Waals surface area contributed by atoms with Gasteiger partial charge in [-0.25, -0.2) is 0 Å². The zero-order chi connectivity index (χ0) is 15.6. The van der Waals surface area contributed by atoms with E-state index in [2.05, 4.69) is 5.32 Å². The van der Waals surface area contributed by atoms with Crippen molar-refractivity contribution >= 4 is 28.9 Å². The number of rotatable bonds is 3. The van der Waals surface area contributed by atoms with Crippen molar-refractivity contribution in [1.82, 2.24) is 0 Å². The van der Waals surface area contributed by atoms with Crippen molar-refractivity contribution < 1.29 is 13.2 Å². The molecule has 0 radical (unpaired) electrons. The molecule has 6 heteroatoms. The highest BCUT2D eigenvalue weighted by Gasteiger charge is 2.34. The lowest BCUT2D eigenvalue weighted by Gasteiger charge is -2.20. The van der Waals surface area contributed by atoms with Crippen LogP contribution in [0.4, 0.5) is 18.9 Å². The number of benzene rings is 2. The van der Waals surface area contributed by atoms with Gasteiger partial charge in [0.25, 0.3) is 0 Å². The maximum absolute atomic E-state index is 13.0. The Morgan fingerprint density at radius 3 is 2.33 bits per heavy atom. The summed E-state index contributed by atoms with van der Waals surface area (Å²) in [5.74, 6) is 0. The number of alkyl halides is 3. The van der Waals surface area contributed by atoms with Gasteiger partial charge in [0.15, 0.2) is 0 Å². The third kappa shape index (κ3) is 3.83. The lowest BCUT2D eigenvalue weighted by Crippen LogP contribution is -2.13. The Bertz CT molecular complexity index is 641. The topological polar surface area (TPSA) is 12.0 Å². The van der Waals surface area contributed by atoms with Gasteiger partial charge in [-0.05, 0) is 36.8 Å². The van der Waals surface area contributed by atoms with Crippen LogP contribution in [0, 0.1) is 0 Å². The standard InChI is InChI=1S/C15H12Cl2F3N/c1-9(11-4-2-3-5-13(11)17)21-14-7-6-10(16)8-12(14)15(18,19)20/h2-9,21H,1H3. The number of halogens is 5. The summed E-state index contributed by atoms with van der Waals surface area (Å²) in [6.07, 6.45) is -4.48. The van der Waals surface area contributed by atoms with Crippen molar-refractivity contribution in [1.29, 1.82) is 0 Å². The predicted molar refractivity (Wildman–Crippen MR) is 79.9 cm³/mol. The van der Waals surface area contributed by atoms with Crippen LogP contribution < -0.4 is 5.32 Å². The van der Waals surface area contributed by atoms with E-state index in [-0.39, 0.29) is 16.8 Å². The molecule has 0 saturated carbocycles. The van der Waals surface area contributed by atoms with E-state index in [9.17, 15) is 13.2 Å². The van der Waals surface area contributed by atoms with Crippen LogP contribution in [0.15, 0.2) is 42.5 Å². The minimum atomic E-state index is -4.48. The fourth-order valence-corrected chi connectivity index (χ4v) is 2.49. The molecule has 2 aromatic rings. The molecule has 1 atom stereocenters. The van der Waals surface area contributed by atoms with Gasteiger partial charge in [-0.3, -0.25) is 0 Å². The highest BCUT2D eigenvalue weighted by molar-refractivity contribution is 6.31. The number of hydrogen-bond donors (Lipinski definition) is 1. The fourth-order valence-electron chi connectivity index (χ4n) is 2.01. The van der Waals surface area contributed by atoms with Crippen molar-refractivity contribution in [2.45, 2.75) is 19.1 Å². The molecule has 21 heavy (non-hydrogen) atoms. The zero-order valence-corrected chi connectivity index (χ0v) is 12.5. The second kappa shape index (κ2) is 6.16. The van der Waals surface area contributed by atoms with E-state index < -0.39 is 11.7 Å². The monoisotopic (exact) mass is 333 g/mol. The normalized spacial score (nSPS) is 13.0. The molecule has 2 aromatic carbocycles. The van der Waals surface area contributed by atoms with Crippen molar-refractivity contribution in [2.24, 2.45) is 0 Å². The van der Waals surface area contributed by atoms with Gasteiger partial charge in [0.05, 0.1) is 11.6 Å². The first kappa shape index (κ1) is 16.0. The van der Waals surface area contributed by atoms with Crippen molar-refractivity contribution in [3.63, 3.8) is 0 Å². The molecule has 0 heterocycles.